The highest BCUT2D eigenvalue weighted by molar-refractivity contribution is 6.10. The van der Waals surface area contributed by atoms with Crippen molar-refractivity contribution in [3.8, 4) is 22.7 Å². The molecule has 0 aliphatic rings. The molecule has 1 N–H and O–H groups in total. The van der Waals surface area contributed by atoms with Crippen LogP contribution in [0.1, 0.15) is 23.7 Å². The van der Waals surface area contributed by atoms with Crippen LogP contribution in [0.4, 0.5) is 4.39 Å². The second-order valence-electron chi connectivity index (χ2n) is 5.98. The van der Waals surface area contributed by atoms with Crippen LogP contribution in [-0.2, 0) is 0 Å². The van der Waals surface area contributed by atoms with Gasteiger partial charge in [-0.15, -0.1) is 0 Å². The van der Waals surface area contributed by atoms with E-state index in [4.69, 9.17) is 8.94 Å². The van der Waals surface area contributed by atoms with Gasteiger partial charge >= 0.3 is 0 Å². The summed E-state index contributed by atoms with van der Waals surface area (Å²) in [5.74, 6) is -0.272. The van der Waals surface area contributed by atoms with Gasteiger partial charge in [0.2, 0.25) is 0 Å². The van der Waals surface area contributed by atoms with E-state index in [2.05, 4.69) is 15.5 Å². The van der Waals surface area contributed by atoms with Crippen LogP contribution in [0, 0.1) is 5.82 Å². The fourth-order valence-corrected chi connectivity index (χ4v) is 2.85. The minimum Gasteiger partial charge on any atom is -0.463 e. The Morgan fingerprint density at radius 1 is 1.22 bits per heavy atom. The molecule has 1 aromatic carbocycles. The van der Waals surface area contributed by atoms with Crippen LogP contribution in [0.25, 0.3) is 33.8 Å². The monoisotopic (exact) mass is 365 g/mol. The van der Waals surface area contributed by atoms with Crippen LogP contribution in [-0.4, -0.2) is 22.6 Å². The maximum atomic E-state index is 14.3. The predicted molar refractivity (Wildman–Crippen MR) is 97.5 cm³/mol. The number of nitrogens with zero attached hydrogens (tertiary/aromatic N) is 2. The molecule has 0 aliphatic heterocycles. The fourth-order valence-electron chi connectivity index (χ4n) is 2.85. The van der Waals surface area contributed by atoms with Crippen molar-refractivity contribution in [1.82, 2.24) is 15.5 Å². The Kier molecular flexibility index (Phi) is 4.42. The number of furan rings is 1. The average molecular weight is 365 g/mol. The highest BCUT2D eigenvalue weighted by atomic mass is 19.1. The van der Waals surface area contributed by atoms with Crippen molar-refractivity contribution in [3.05, 3.63) is 60.1 Å². The SMILES string of the molecule is CCCNC(=O)c1cc(-c2ccco2)nc2onc(-c3ccccc3F)c12. The van der Waals surface area contributed by atoms with Gasteiger partial charge in [-0.05, 0) is 36.8 Å². The van der Waals surface area contributed by atoms with Crippen LogP contribution in [0.15, 0.2) is 57.7 Å². The van der Waals surface area contributed by atoms with Crippen LogP contribution in [0.2, 0.25) is 0 Å². The number of amides is 1. The molecule has 0 bridgehead atoms. The molecule has 0 atom stereocenters. The summed E-state index contributed by atoms with van der Waals surface area (Å²) in [6.07, 6.45) is 2.30. The zero-order valence-corrected chi connectivity index (χ0v) is 14.5. The summed E-state index contributed by atoms with van der Waals surface area (Å²) in [6.45, 7) is 2.47. The van der Waals surface area contributed by atoms with Gasteiger partial charge in [-0.1, -0.05) is 24.2 Å². The molecule has 0 saturated carbocycles. The molecule has 6 nitrogen and oxygen atoms in total. The Hall–Kier alpha value is -3.48. The first-order valence-electron chi connectivity index (χ1n) is 8.56. The van der Waals surface area contributed by atoms with Crippen molar-refractivity contribution in [2.75, 3.05) is 6.54 Å². The average Bonchev–Trinajstić information content (AvgIpc) is 3.35. The molecule has 7 heteroatoms. The van der Waals surface area contributed by atoms with Gasteiger partial charge in [-0.25, -0.2) is 9.37 Å². The second-order valence-corrected chi connectivity index (χ2v) is 5.98. The molecule has 27 heavy (non-hydrogen) atoms. The van der Waals surface area contributed by atoms with Gasteiger partial charge in [0, 0.05) is 12.1 Å². The van der Waals surface area contributed by atoms with Gasteiger partial charge in [-0.2, -0.15) is 0 Å². The van der Waals surface area contributed by atoms with Gasteiger partial charge in [0.1, 0.15) is 17.2 Å². The first-order valence-corrected chi connectivity index (χ1v) is 8.56. The second kappa shape index (κ2) is 7.03. The van der Waals surface area contributed by atoms with Gasteiger partial charge < -0.3 is 14.3 Å². The third kappa shape index (κ3) is 3.08. The standard InChI is InChI=1S/C20H16FN3O3/c1-2-9-22-19(25)13-11-15(16-8-5-10-26-16)23-20-17(13)18(24-27-20)12-6-3-4-7-14(12)21/h3-8,10-11H,2,9H2,1H3,(H,22,25). The summed E-state index contributed by atoms with van der Waals surface area (Å²) in [6, 6.07) is 11.3. The molecule has 4 rings (SSSR count). The minimum atomic E-state index is -0.456. The topological polar surface area (TPSA) is 81.2 Å². The Morgan fingerprint density at radius 2 is 2.07 bits per heavy atom. The highest BCUT2D eigenvalue weighted by Crippen LogP contribution is 2.33. The van der Waals surface area contributed by atoms with Gasteiger partial charge in [0.15, 0.2) is 5.76 Å². The first-order chi connectivity index (χ1) is 13.2. The summed E-state index contributed by atoms with van der Waals surface area (Å²) < 4.78 is 25.0. The summed E-state index contributed by atoms with van der Waals surface area (Å²) in [4.78, 5) is 17.2. The molecule has 0 spiro atoms. The third-order valence-electron chi connectivity index (χ3n) is 4.13. The van der Waals surface area contributed by atoms with E-state index in [0.717, 1.165) is 6.42 Å². The fraction of sp³-hybridized carbons (Fsp3) is 0.150. The van der Waals surface area contributed by atoms with Gasteiger partial charge in [0.25, 0.3) is 11.6 Å². The van der Waals surface area contributed by atoms with E-state index in [1.54, 1.807) is 36.4 Å². The summed E-state index contributed by atoms with van der Waals surface area (Å²) in [5, 5.41) is 7.18. The van der Waals surface area contributed by atoms with Crippen molar-refractivity contribution >= 4 is 17.0 Å². The number of carbonyl (C=O) groups is 1. The molecule has 3 heterocycles. The van der Waals surface area contributed by atoms with Crippen LogP contribution < -0.4 is 5.32 Å². The van der Waals surface area contributed by atoms with Crippen LogP contribution >= 0.6 is 0 Å². The molecule has 4 aromatic rings. The lowest BCUT2D eigenvalue weighted by Gasteiger charge is -2.07. The lowest BCUT2D eigenvalue weighted by molar-refractivity contribution is 0.0955. The molecule has 0 unspecified atom stereocenters. The molecule has 0 saturated heterocycles. The normalized spacial score (nSPS) is 11.0. The number of pyridine rings is 1. The van der Waals surface area contributed by atoms with E-state index in [9.17, 15) is 9.18 Å². The molecule has 0 radical (unpaired) electrons. The third-order valence-corrected chi connectivity index (χ3v) is 4.13. The van der Waals surface area contributed by atoms with E-state index in [0.29, 0.717) is 28.9 Å². The van der Waals surface area contributed by atoms with Crippen LogP contribution in [0.3, 0.4) is 0 Å². The number of rotatable bonds is 5. The predicted octanol–water partition coefficient (Wildman–Crippen LogP) is 4.43. The number of aromatic nitrogens is 2. The van der Waals surface area contributed by atoms with Gasteiger partial charge in [0.05, 0.1) is 17.2 Å². The van der Waals surface area contributed by atoms with Gasteiger partial charge in [-0.3, -0.25) is 4.79 Å². The zero-order chi connectivity index (χ0) is 18.8. The summed E-state index contributed by atoms with van der Waals surface area (Å²) >= 11 is 0. The quantitative estimate of drug-likeness (QED) is 0.566. The molecule has 136 valence electrons. The Bertz CT molecular complexity index is 1100. The van der Waals surface area contributed by atoms with Crippen molar-refractivity contribution in [2.24, 2.45) is 0 Å². The lowest BCUT2D eigenvalue weighted by Crippen LogP contribution is -2.24. The molecule has 0 fully saturated rings. The number of benzene rings is 1. The zero-order valence-electron chi connectivity index (χ0n) is 14.5. The molecule has 3 aromatic heterocycles. The van der Waals surface area contributed by atoms with E-state index in [1.807, 2.05) is 6.92 Å². The summed E-state index contributed by atoms with van der Waals surface area (Å²) in [5.41, 5.74) is 1.37. The van der Waals surface area contributed by atoms with Crippen LogP contribution in [0.5, 0.6) is 0 Å². The minimum absolute atomic E-state index is 0.142. The molecular formula is C20H16FN3O3. The first kappa shape index (κ1) is 17.0. The van der Waals surface area contributed by atoms with E-state index < -0.39 is 5.82 Å². The molecular weight excluding hydrogens is 349 g/mol. The van der Waals surface area contributed by atoms with Crippen molar-refractivity contribution in [1.29, 1.82) is 0 Å². The van der Waals surface area contributed by atoms with E-state index in [-0.39, 0.29) is 22.9 Å². The number of fused-ring (bicyclic) bond motifs is 1. The number of hydrogen-bond acceptors (Lipinski definition) is 5. The van der Waals surface area contributed by atoms with Crippen molar-refractivity contribution in [3.63, 3.8) is 0 Å². The number of hydrogen-bond donors (Lipinski definition) is 1. The number of halogens is 1. The number of nitrogens with one attached hydrogen (secondary N) is 1. The smallest absolute Gasteiger partial charge is 0.259 e. The van der Waals surface area contributed by atoms with E-state index in [1.165, 1.54) is 12.3 Å². The highest BCUT2D eigenvalue weighted by Gasteiger charge is 2.23. The summed E-state index contributed by atoms with van der Waals surface area (Å²) in [7, 11) is 0. The largest absolute Gasteiger partial charge is 0.463 e. The molecule has 0 aliphatic carbocycles. The van der Waals surface area contributed by atoms with E-state index >= 15 is 0 Å². The lowest BCUT2D eigenvalue weighted by atomic mass is 10.0. The van der Waals surface area contributed by atoms with Crippen molar-refractivity contribution < 1.29 is 18.1 Å². The maximum Gasteiger partial charge on any atom is 0.259 e. The Balaban J connectivity index is 1.95. The Labute approximate surface area is 154 Å². The molecule has 1 amide bonds. The number of carbonyl (C=O) groups excluding carboxylic acids is 1. The maximum absolute atomic E-state index is 14.3. The Morgan fingerprint density at radius 3 is 2.81 bits per heavy atom. The van der Waals surface area contributed by atoms with Crippen molar-refractivity contribution in [2.45, 2.75) is 13.3 Å².